The van der Waals surface area contributed by atoms with Crippen LogP contribution in [0.1, 0.15) is 0 Å². The minimum atomic E-state index is -0.0431. The number of fused-ring (bicyclic) bond motifs is 5. The highest BCUT2D eigenvalue weighted by Crippen LogP contribution is 2.31. The molecule has 0 radical (unpaired) electrons. The predicted molar refractivity (Wildman–Crippen MR) is 115 cm³/mol. The first-order valence-electron chi connectivity index (χ1n) is 8.60. The Bertz CT molecular complexity index is 1240. The zero-order valence-corrected chi connectivity index (χ0v) is 17.1. The highest BCUT2D eigenvalue weighted by molar-refractivity contribution is 6.98. The van der Waals surface area contributed by atoms with Crippen LogP contribution in [-0.2, 0) is 0 Å². The molecule has 0 heterocycles. The molecule has 0 atom stereocenters. The van der Waals surface area contributed by atoms with Crippen molar-refractivity contribution in [1.82, 2.24) is 0 Å². The molecule has 0 aliphatic rings. The maximum absolute atomic E-state index is 2.45. The van der Waals surface area contributed by atoms with Crippen LogP contribution < -0.4 is 5.19 Å². The molecule has 0 spiro atoms. The van der Waals surface area contributed by atoms with E-state index in [1.54, 1.807) is 5.19 Å². The van der Waals surface area contributed by atoms with E-state index in [1.807, 2.05) is 0 Å². The van der Waals surface area contributed by atoms with Crippen LogP contribution in [0.5, 0.6) is 0 Å². The molecule has 0 aliphatic carbocycles. The Morgan fingerprint density at radius 3 is 1.83 bits per heavy atom. The highest BCUT2D eigenvalue weighted by Gasteiger charge is 2.06. The van der Waals surface area contributed by atoms with Crippen molar-refractivity contribution in [3.63, 3.8) is 0 Å². The molecule has 0 aliphatic heterocycles. The second-order valence-electron chi connectivity index (χ2n) is 6.55. The second-order valence-corrected chi connectivity index (χ2v) is 10.1. The van der Waals surface area contributed by atoms with Gasteiger partial charge in [0, 0.05) is 9.04 Å². The summed E-state index contributed by atoms with van der Waals surface area (Å²) in [6.45, 7) is 0. The maximum atomic E-state index is 2.45. The molecule has 114 valence electrons. The van der Waals surface area contributed by atoms with Crippen molar-refractivity contribution in [3.8, 4) is 0 Å². The third kappa shape index (κ3) is 2.04. The van der Waals surface area contributed by atoms with Gasteiger partial charge in [0.2, 0.25) is 0 Å². The molecular weight excluding hydrogens is 320 g/mol. The summed E-state index contributed by atoms with van der Waals surface area (Å²) in [5, 5.41) is 12.6. The van der Waals surface area contributed by atoms with Crippen molar-refractivity contribution in [3.05, 3.63) is 78.9 Å². The molecule has 0 amide bonds. The summed E-state index contributed by atoms with van der Waals surface area (Å²) in [6.07, 6.45) is 0. The fourth-order valence-electron chi connectivity index (χ4n) is 3.90. The minimum absolute atomic E-state index is 0.0431. The van der Waals surface area contributed by atoms with Crippen LogP contribution in [-0.4, -0.2) is 18.8 Å². The fourth-order valence-corrected chi connectivity index (χ4v) is 6.80. The molecule has 5 rings (SSSR count). The van der Waals surface area contributed by atoms with E-state index in [9.17, 15) is 0 Å². The van der Waals surface area contributed by atoms with Crippen molar-refractivity contribution in [2.75, 3.05) is 0 Å². The standard InChI is InChI=1S/C22H18Si2/c23-24-22-7-3-6-16-11-18-9-8-17-10-14-4-1-2-5-15(14)12-19(17)20(18)13-21(16)22/h1-13H,24H2,23H3. The van der Waals surface area contributed by atoms with Gasteiger partial charge < -0.3 is 0 Å². The molecule has 0 unspecified atom stereocenters. The number of hydrogen-bond donors (Lipinski definition) is 0. The predicted octanol–water partition coefficient (Wildman–Crippen LogP) is 3.37. The summed E-state index contributed by atoms with van der Waals surface area (Å²) in [5.74, 6) is 0. The van der Waals surface area contributed by atoms with Gasteiger partial charge in [0.05, 0.1) is 0 Å². The summed E-state index contributed by atoms with van der Waals surface area (Å²) in [4.78, 5) is 0. The summed E-state index contributed by atoms with van der Waals surface area (Å²) < 4.78 is 0. The van der Waals surface area contributed by atoms with Crippen molar-refractivity contribution < 1.29 is 0 Å². The first kappa shape index (κ1) is 14.0. The van der Waals surface area contributed by atoms with E-state index in [1.165, 1.54) is 52.8 Å². The SMILES string of the molecule is [SiH3][SiH2]c1cccc2cc3ccc4cc5ccccc5cc4c3cc12. The Balaban J connectivity index is 1.97. The maximum Gasteiger partial charge on any atom is 0.0392 e. The molecule has 0 N–H and O–H groups in total. The van der Waals surface area contributed by atoms with Gasteiger partial charge in [-0.2, -0.15) is 0 Å². The zero-order chi connectivity index (χ0) is 16.1. The van der Waals surface area contributed by atoms with Crippen molar-refractivity contribution >= 4 is 67.1 Å². The van der Waals surface area contributed by atoms with E-state index in [0.717, 1.165) is 0 Å². The molecule has 24 heavy (non-hydrogen) atoms. The lowest BCUT2D eigenvalue weighted by Crippen LogP contribution is -2.14. The second kappa shape index (κ2) is 5.30. The normalized spacial score (nSPS) is 12.3. The van der Waals surface area contributed by atoms with E-state index in [4.69, 9.17) is 0 Å². The van der Waals surface area contributed by atoms with Crippen LogP contribution in [0.15, 0.2) is 78.9 Å². The van der Waals surface area contributed by atoms with Gasteiger partial charge in [0.15, 0.2) is 0 Å². The molecule has 5 aromatic rings. The van der Waals surface area contributed by atoms with Crippen LogP contribution in [0.2, 0.25) is 0 Å². The molecule has 0 nitrogen and oxygen atoms in total. The van der Waals surface area contributed by atoms with Gasteiger partial charge in [-0.25, -0.2) is 0 Å². The molecule has 0 aromatic heterocycles. The van der Waals surface area contributed by atoms with Gasteiger partial charge in [-0.1, -0.05) is 59.8 Å². The Morgan fingerprint density at radius 2 is 1.08 bits per heavy atom. The van der Waals surface area contributed by atoms with Crippen LogP contribution >= 0.6 is 0 Å². The molecule has 5 aromatic carbocycles. The van der Waals surface area contributed by atoms with Crippen LogP contribution in [0.3, 0.4) is 0 Å². The molecule has 0 saturated heterocycles. The molecule has 0 bridgehead atoms. The van der Waals surface area contributed by atoms with E-state index < -0.39 is 0 Å². The lowest BCUT2D eigenvalue weighted by Gasteiger charge is -2.10. The fraction of sp³-hybridized carbons (Fsp3) is 0. The van der Waals surface area contributed by atoms with Crippen molar-refractivity contribution in [2.45, 2.75) is 0 Å². The van der Waals surface area contributed by atoms with E-state index >= 15 is 0 Å². The van der Waals surface area contributed by atoms with Crippen LogP contribution in [0.25, 0.3) is 43.1 Å². The smallest absolute Gasteiger partial charge is 0.0392 e. The summed E-state index contributed by atoms with van der Waals surface area (Å²) in [7, 11) is 1.30. The lowest BCUT2D eigenvalue weighted by molar-refractivity contribution is 1.79. The third-order valence-electron chi connectivity index (χ3n) is 5.17. The lowest BCUT2D eigenvalue weighted by atomic mass is 9.96. The van der Waals surface area contributed by atoms with Gasteiger partial charge >= 0.3 is 0 Å². The average molecular weight is 339 g/mol. The van der Waals surface area contributed by atoms with Crippen LogP contribution in [0.4, 0.5) is 0 Å². The summed E-state index contributed by atoms with van der Waals surface area (Å²) in [5.41, 5.74) is 0. The number of benzene rings is 5. The molecule has 2 heteroatoms. The highest BCUT2D eigenvalue weighted by atomic mass is 29.1. The Labute approximate surface area is 146 Å². The Hall–Kier alpha value is -2.43. The van der Waals surface area contributed by atoms with Gasteiger partial charge in [-0.15, -0.1) is 0 Å². The van der Waals surface area contributed by atoms with Crippen LogP contribution in [0, 0.1) is 0 Å². The minimum Gasteiger partial charge on any atom is -0.0634 e. The summed E-state index contributed by atoms with van der Waals surface area (Å²) >= 11 is 0. The largest absolute Gasteiger partial charge is 0.0634 e. The number of hydrogen-bond acceptors (Lipinski definition) is 0. The Morgan fingerprint density at radius 1 is 0.500 bits per heavy atom. The van der Waals surface area contributed by atoms with Crippen molar-refractivity contribution in [1.29, 1.82) is 0 Å². The summed E-state index contributed by atoms with van der Waals surface area (Å²) in [6, 6.07) is 29.5. The first-order valence-corrected chi connectivity index (χ1v) is 15.0. The zero-order valence-electron chi connectivity index (χ0n) is 13.7. The van der Waals surface area contributed by atoms with E-state index in [2.05, 4.69) is 78.9 Å². The Kier molecular flexibility index (Phi) is 3.08. The van der Waals surface area contributed by atoms with E-state index in [-0.39, 0.29) is 9.04 Å². The topological polar surface area (TPSA) is 0 Å². The molecule has 0 fully saturated rings. The molecule has 0 saturated carbocycles. The van der Waals surface area contributed by atoms with Gasteiger partial charge in [0.1, 0.15) is 0 Å². The molecular formula is C22H18Si2. The van der Waals surface area contributed by atoms with E-state index in [0.29, 0.717) is 0 Å². The van der Waals surface area contributed by atoms with Gasteiger partial charge in [-0.05, 0) is 77.1 Å². The van der Waals surface area contributed by atoms with Gasteiger partial charge in [-0.3, -0.25) is 0 Å². The number of rotatable bonds is 1. The monoisotopic (exact) mass is 338 g/mol. The average Bonchev–Trinajstić information content (AvgIpc) is 2.64. The first-order chi connectivity index (χ1) is 11.8. The quantitative estimate of drug-likeness (QED) is 0.250. The van der Waals surface area contributed by atoms with Gasteiger partial charge in [0.25, 0.3) is 0 Å². The third-order valence-corrected chi connectivity index (χ3v) is 8.84. The van der Waals surface area contributed by atoms with Crippen molar-refractivity contribution in [2.24, 2.45) is 0 Å².